The predicted octanol–water partition coefficient (Wildman–Crippen LogP) is 0.619. The zero-order valence-corrected chi connectivity index (χ0v) is 6.36. The Morgan fingerprint density at radius 3 is 2.40 bits per heavy atom. The van der Waals surface area contributed by atoms with Gasteiger partial charge in [0.15, 0.2) is 0 Å². The molecule has 58 valence electrons. The summed E-state index contributed by atoms with van der Waals surface area (Å²) in [5, 5.41) is 0. The highest BCUT2D eigenvalue weighted by molar-refractivity contribution is 5.85. The Kier molecular flexibility index (Phi) is 4.11. The molecule has 1 rings (SSSR count). The molecule has 1 aromatic heterocycles. The minimum atomic E-state index is 0. The van der Waals surface area contributed by atoms with Crippen molar-refractivity contribution in [1.82, 2.24) is 0 Å². The molecule has 0 unspecified atom stereocenters. The summed E-state index contributed by atoms with van der Waals surface area (Å²) in [6, 6.07) is 1.84. The van der Waals surface area contributed by atoms with Gasteiger partial charge in [0.25, 0.3) is 0 Å². The van der Waals surface area contributed by atoms with E-state index in [1.165, 1.54) is 0 Å². The molecule has 0 amide bonds. The second-order valence-corrected chi connectivity index (χ2v) is 1.78. The van der Waals surface area contributed by atoms with Gasteiger partial charge < -0.3 is 15.9 Å². The van der Waals surface area contributed by atoms with E-state index >= 15 is 0 Å². The molecule has 4 heteroatoms. The monoisotopic (exact) mass is 162 g/mol. The molecule has 3 nitrogen and oxygen atoms in total. The van der Waals surface area contributed by atoms with Crippen LogP contribution in [0.15, 0.2) is 16.7 Å². The van der Waals surface area contributed by atoms with E-state index in [1.807, 2.05) is 6.07 Å². The normalized spacial score (nSPS) is 9.00. The van der Waals surface area contributed by atoms with Gasteiger partial charge in [-0.05, 0) is 6.07 Å². The number of nitrogens with two attached hydrogens (primary N) is 2. The summed E-state index contributed by atoms with van der Waals surface area (Å²) in [7, 11) is 0. The second-order valence-electron chi connectivity index (χ2n) is 1.78. The van der Waals surface area contributed by atoms with Crippen molar-refractivity contribution in [3.63, 3.8) is 0 Å². The molecule has 0 radical (unpaired) electrons. The maximum Gasteiger partial charge on any atom is 0.121 e. The van der Waals surface area contributed by atoms with Crippen molar-refractivity contribution >= 4 is 12.4 Å². The van der Waals surface area contributed by atoms with Gasteiger partial charge in [0, 0.05) is 12.1 Å². The van der Waals surface area contributed by atoms with E-state index in [2.05, 4.69) is 0 Å². The summed E-state index contributed by atoms with van der Waals surface area (Å²) in [5.74, 6) is 0.789. The molecule has 0 atom stereocenters. The van der Waals surface area contributed by atoms with Gasteiger partial charge in [0.1, 0.15) is 5.76 Å². The standard InChI is InChI=1S/C6H10N2O.ClH/c7-3-5-1-2-9-6(5)4-8;/h1-2H,3-4,7-8H2;1H. The summed E-state index contributed by atoms with van der Waals surface area (Å²) < 4.78 is 5.00. The second kappa shape index (κ2) is 4.33. The van der Waals surface area contributed by atoms with Crippen LogP contribution in [-0.4, -0.2) is 0 Å². The molecular formula is C6H11ClN2O. The number of halogens is 1. The predicted molar refractivity (Wildman–Crippen MR) is 41.7 cm³/mol. The molecule has 10 heavy (non-hydrogen) atoms. The SMILES string of the molecule is Cl.NCc1ccoc1CN. The van der Waals surface area contributed by atoms with Crippen molar-refractivity contribution in [2.75, 3.05) is 0 Å². The fourth-order valence-corrected chi connectivity index (χ4v) is 0.728. The average molecular weight is 163 g/mol. The first kappa shape index (κ1) is 9.49. The third kappa shape index (κ3) is 1.73. The lowest BCUT2D eigenvalue weighted by Crippen LogP contribution is -2.02. The van der Waals surface area contributed by atoms with Crippen molar-refractivity contribution in [2.45, 2.75) is 13.1 Å². The van der Waals surface area contributed by atoms with Crippen LogP contribution in [-0.2, 0) is 13.1 Å². The lowest BCUT2D eigenvalue weighted by Gasteiger charge is -1.92. The first-order valence-corrected chi connectivity index (χ1v) is 2.84. The van der Waals surface area contributed by atoms with Crippen LogP contribution >= 0.6 is 12.4 Å². The lowest BCUT2D eigenvalue weighted by molar-refractivity contribution is 0.507. The molecule has 1 heterocycles. The summed E-state index contributed by atoms with van der Waals surface area (Å²) in [4.78, 5) is 0. The van der Waals surface area contributed by atoms with E-state index in [9.17, 15) is 0 Å². The van der Waals surface area contributed by atoms with Crippen LogP contribution in [0.25, 0.3) is 0 Å². The minimum absolute atomic E-state index is 0. The molecule has 0 aromatic carbocycles. The zero-order valence-electron chi connectivity index (χ0n) is 5.54. The number of rotatable bonds is 2. The third-order valence-corrected chi connectivity index (χ3v) is 1.24. The summed E-state index contributed by atoms with van der Waals surface area (Å²) in [6.07, 6.45) is 1.60. The fraction of sp³-hybridized carbons (Fsp3) is 0.333. The van der Waals surface area contributed by atoms with E-state index in [0.29, 0.717) is 13.1 Å². The summed E-state index contributed by atoms with van der Waals surface area (Å²) >= 11 is 0. The third-order valence-electron chi connectivity index (χ3n) is 1.24. The van der Waals surface area contributed by atoms with Crippen molar-refractivity contribution in [1.29, 1.82) is 0 Å². The first-order chi connectivity index (χ1) is 4.38. The Morgan fingerprint density at radius 1 is 1.30 bits per heavy atom. The van der Waals surface area contributed by atoms with Crippen LogP contribution < -0.4 is 11.5 Å². The van der Waals surface area contributed by atoms with Crippen LogP contribution in [0, 0.1) is 0 Å². The van der Waals surface area contributed by atoms with Crippen LogP contribution in [0.2, 0.25) is 0 Å². The Morgan fingerprint density at radius 2 is 2.00 bits per heavy atom. The number of furan rings is 1. The highest BCUT2D eigenvalue weighted by Crippen LogP contribution is 2.07. The molecule has 0 saturated carbocycles. The van der Waals surface area contributed by atoms with Gasteiger partial charge in [-0.1, -0.05) is 0 Å². The average Bonchev–Trinajstić information content (AvgIpc) is 2.33. The molecule has 0 fully saturated rings. The minimum Gasteiger partial charge on any atom is -0.468 e. The van der Waals surface area contributed by atoms with Gasteiger partial charge in [-0.25, -0.2) is 0 Å². The molecular weight excluding hydrogens is 152 g/mol. The first-order valence-electron chi connectivity index (χ1n) is 2.84. The van der Waals surface area contributed by atoms with Gasteiger partial charge in [0.2, 0.25) is 0 Å². The Labute approximate surface area is 65.8 Å². The topological polar surface area (TPSA) is 65.2 Å². The van der Waals surface area contributed by atoms with E-state index in [4.69, 9.17) is 15.9 Å². The highest BCUT2D eigenvalue weighted by atomic mass is 35.5. The van der Waals surface area contributed by atoms with Gasteiger partial charge in [-0.2, -0.15) is 0 Å². The van der Waals surface area contributed by atoms with Crippen molar-refractivity contribution < 1.29 is 4.42 Å². The molecule has 0 bridgehead atoms. The number of hydrogen-bond donors (Lipinski definition) is 2. The van der Waals surface area contributed by atoms with Crippen molar-refractivity contribution in [3.05, 3.63) is 23.7 Å². The van der Waals surface area contributed by atoms with E-state index in [-0.39, 0.29) is 12.4 Å². The molecule has 4 N–H and O–H groups in total. The number of hydrogen-bond acceptors (Lipinski definition) is 3. The molecule has 1 aromatic rings. The molecule has 0 aliphatic carbocycles. The van der Waals surface area contributed by atoms with Crippen molar-refractivity contribution in [2.24, 2.45) is 11.5 Å². The van der Waals surface area contributed by atoms with Crippen LogP contribution in [0.1, 0.15) is 11.3 Å². The van der Waals surface area contributed by atoms with Gasteiger partial charge in [-0.3, -0.25) is 0 Å². The quantitative estimate of drug-likeness (QED) is 0.670. The maximum atomic E-state index is 5.36. The lowest BCUT2D eigenvalue weighted by atomic mass is 10.2. The Bertz CT molecular complexity index is 169. The molecule has 0 spiro atoms. The van der Waals surface area contributed by atoms with Crippen LogP contribution in [0.3, 0.4) is 0 Å². The van der Waals surface area contributed by atoms with Crippen molar-refractivity contribution in [3.8, 4) is 0 Å². The summed E-state index contributed by atoms with van der Waals surface area (Å²) in [6.45, 7) is 0.933. The molecule has 0 saturated heterocycles. The van der Waals surface area contributed by atoms with Crippen LogP contribution in [0.4, 0.5) is 0 Å². The molecule has 0 aliphatic rings. The fourth-order valence-electron chi connectivity index (χ4n) is 0.728. The molecule has 0 aliphatic heterocycles. The van der Waals surface area contributed by atoms with Gasteiger partial charge in [0.05, 0.1) is 12.8 Å². The highest BCUT2D eigenvalue weighted by Gasteiger charge is 1.99. The summed E-state index contributed by atoms with van der Waals surface area (Å²) in [5.41, 5.74) is 11.7. The van der Waals surface area contributed by atoms with Crippen LogP contribution in [0.5, 0.6) is 0 Å². The largest absolute Gasteiger partial charge is 0.468 e. The maximum absolute atomic E-state index is 5.36. The zero-order chi connectivity index (χ0) is 6.69. The smallest absolute Gasteiger partial charge is 0.121 e. The van der Waals surface area contributed by atoms with E-state index < -0.39 is 0 Å². The van der Waals surface area contributed by atoms with Gasteiger partial charge >= 0.3 is 0 Å². The Balaban J connectivity index is 0.000000810. The van der Waals surface area contributed by atoms with E-state index in [1.54, 1.807) is 6.26 Å². The Hall–Kier alpha value is -0.510. The van der Waals surface area contributed by atoms with Gasteiger partial charge in [-0.15, -0.1) is 12.4 Å². The van der Waals surface area contributed by atoms with E-state index in [0.717, 1.165) is 11.3 Å².